The molecule has 2 fully saturated rings. The van der Waals surface area contributed by atoms with E-state index in [0.717, 1.165) is 107 Å². The molecule has 12 heteroatoms. The highest BCUT2D eigenvalue weighted by molar-refractivity contribution is 9.10. The second-order valence-corrected chi connectivity index (χ2v) is 13.2. The number of halogens is 2. The number of morpholine rings is 2. The van der Waals surface area contributed by atoms with Gasteiger partial charge in [-0.25, -0.2) is 9.59 Å². The lowest BCUT2D eigenvalue weighted by Crippen LogP contribution is -2.57. The molecular formula is C36H46BrClN6O4. The summed E-state index contributed by atoms with van der Waals surface area (Å²) in [6, 6.07) is 21.8. The van der Waals surface area contributed by atoms with Crippen molar-refractivity contribution in [1.82, 2.24) is 20.4 Å². The van der Waals surface area contributed by atoms with Crippen LogP contribution in [0, 0.1) is 0 Å². The molecule has 3 aromatic rings. The number of hydrogen-bond acceptors (Lipinski definition) is 6. The smallest absolute Gasteiger partial charge is 0.341 e. The molecule has 2 saturated heterocycles. The summed E-state index contributed by atoms with van der Waals surface area (Å²) in [5, 5.41) is 9.63. The second-order valence-electron chi connectivity index (χ2n) is 11.9. The van der Waals surface area contributed by atoms with Crippen LogP contribution < -0.4 is 20.7 Å². The highest BCUT2D eigenvalue weighted by atomic mass is 79.9. The average molecular weight is 742 g/mol. The highest BCUT2D eigenvalue weighted by Crippen LogP contribution is 2.31. The number of rotatable bonds is 13. The van der Waals surface area contributed by atoms with Crippen LogP contribution in [0.4, 0.5) is 21.0 Å². The zero-order chi connectivity index (χ0) is 33.6. The van der Waals surface area contributed by atoms with Gasteiger partial charge in [0.1, 0.15) is 0 Å². The lowest BCUT2D eigenvalue weighted by atomic mass is 10.1. The predicted octanol–water partition coefficient (Wildman–Crippen LogP) is 6.64. The molecule has 0 radical (unpaired) electrons. The zero-order valence-electron chi connectivity index (χ0n) is 27.4. The van der Waals surface area contributed by atoms with Crippen LogP contribution in [0.5, 0.6) is 0 Å². The molecular weight excluding hydrogens is 696 g/mol. The molecule has 0 bridgehead atoms. The van der Waals surface area contributed by atoms with E-state index in [-0.39, 0.29) is 6.03 Å². The molecule has 2 aliphatic heterocycles. The van der Waals surface area contributed by atoms with Gasteiger partial charge in [0.05, 0.1) is 37.8 Å². The summed E-state index contributed by atoms with van der Waals surface area (Å²) in [6.45, 7) is 9.72. The maximum Gasteiger partial charge on any atom is 0.341 e. The molecule has 3 aromatic carbocycles. The standard InChI is InChI=1S/C36H46BrClN6O4/c37-30-11-15-32(16-12-30)44(36(46)40-18-4-6-20-42-23-27-48-28-24-42)43(35(45)39-17-3-5-19-41-21-25-47-26-22-41)31-13-9-29(10-14-31)33-7-1-2-8-34(33)38/h1-2,7-16H,3-6,17-28H2,(H,39,45)(H,40,46). The quantitative estimate of drug-likeness (QED) is 0.151. The van der Waals surface area contributed by atoms with Crippen molar-refractivity contribution < 1.29 is 19.1 Å². The Hall–Kier alpha value is -3.19. The number of urea groups is 2. The Morgan fingerprint density at radius 3 is 1.60 bits per heavy atom. The number of hydrazine groups is 1. The first-order chi connectivity index (χ1) is 23.5. The van der Waals surface area contributed by atoms with Crippen LogP contribution in [0.1, 0.15) is 25.7 Å². The Bertz CT molecular complexity index is 1440. The minimum absolute atomic E-state index is 0.388. The van der Waals surface area contributed by atoms with Gasteiger partial charge in [0.2, 0.25) is 0 Å². The minimum atomic E-state index is -0.391. The number of anilines is 2. The monoisotopic (exact) mass is 740 g/mol. The third-order valence-corrected chi connectivity index (χ3v) is 9.37. The van der Waals surface area contributed by atoms with Crippen molar-refractivity contribution in [3.63, 3.8) is 0 Å². The molecule has 0 saturated carbocycles. The van der Waals surface area contributed by atoms with E-state index in [4.69, 9.17) is 21.1 Å². The predicted molar refractivity (Wildman–Crippen MR) is 196 cm³/mol. The molecule has 0 aliphatic carbocycles. The van der Waals surface area contributed by atoms with Gasteiger partial charge in [0.15, 0.2) is 0 Å². The minimum Gasteiger partial charge on any atom is -0.379 e. The fourth-order valence-electron chi connectivity index (χ4n) is 5.82. The number of ether oxygens (including phenoxy) is 2. The molecule has 4 amide bonds. The third-order valence-electron chi connectivity index (χ3n) is 8.51. The van der Waals surface area contributed by atoms with Gasteiger partial charge in [0.25, 0.3) is 0 Å². The molecule has 2 aliphatic rings. The van der Waals surface area contributed by atoms with Crippen molar-refractivity contribution in [1.29, 1.82) is 0 Å². The molecule has 2 N–H and O–H groups in total. The molecule has 5 rings (SSSR count). The van der Waals surface area contributed by atoms with Gasteiger partial charge in [-0.1, -0.05) is 57.9 Å². The first-order valence-electron chi connectivity index (χ1n) is 16.9. The van der Waals surface area contributed by atoms with E-state index in [1.54, 1.807) is 0 Å². The molecule has 0 atom stereocenters. The van der Waals surface area contributed by atoms with Crippen molar-refractivity contribution in [2.24, 2.45) is 0 Å². The third kappa shape index (κ3) is 10.7. The van der Waals surface area contributed by atoms with Crippen molar-refractivity contribution in [3.8, 4) is 11.1 Å². The Morgan fingerprint density at radius 1 is 0.667 bits per heavy atom. The largest absolute Gasteiger partial charge is 0.379 e. The first-order valence-corrected chi connectivity index (χ1v) is 18.0. The number of hydrogen-bond donors (Lipinski definition) is 2. The first kappa shape index (κ1) is 36.1. The molecule has 0 unspecified atom stereocenters. The average Bonchev–Trinajstić information content (AvgIpc) is 3.12. The molecule has 10 nitrogen and oxygen atoms in total. The SMILES string of the molecule is O=C(NCCCCN1CCOCC1)N(c1ccc(Br)cc1)N(C(=O)NCCCCN1CCOCC1)c1ccc(-c2ccccc2Cl)cc1. The van der Waals surface area contributed by atoms with Gasteiger partial charge in [-0.05, 0) is 86.8 Å². The lowest BCUT2D eigenvalue weighted by molar-refractivity contribution is 0.0372. The van der Waals surface area contributed by atoms with E-state index < -0.39 is 6.03 Å². The number of benzene rings is 3. The van der Waals surface area contributed by atoms with Crippen LogP contribution in [0.15, 0.2) is 77.3 Å². The Labute approximate surface area is 297 Å². The Balaban J connectivity index is 1.32. The number of carbonyl (C=O) groups is 2. The highest BCUT2D eigenvalue weighted by Gasteiger charge is 2.29. The Morgan fingerprint density at radius 2 is 1.12 bits per heavy atom. The molecule has 0 aromatic heterocycles. The molecule has 48 heavy (non-hydrogen) atoms. The summed E-state index contributed by atoms with van der Waals surface area (Å²) in [4.78, 5) is 32.9. The molecule has 0 spiro atoms. The van der Waals surface area contributed by atoms with Crippen LogP contribution in [0.3, 0.4) is 0 Å². The summed E-state index contributed by atoms with van der Waals surface area (Å²) < 4.78 is 11.8. The van der Waals surface area contributed by atoms with Gasteiger partial charge in [-0.3, -0.25) is 9.80 Å². The van der Waals surface area contributed by atoms with Crippen molar-refractivity contribution in [2.45, 2.75) is 25.7 Å². The summed E-state index contributed by atoms with van der Waals surface area (Å²) in [6.07, 6.45) is 3.54. The van der Waals surface area contributed by atoms with Crippen molar-refractivity contribution in [2.75, 3.05) is 88.8 Å². The van der Waals surface area contributed by atoms with E-state index in [9.17, 15) is 9.59 Å². The second kappa shape index (κ2) is 19.1. The number of amides is 4. The van der Waals surface area contributed by atoms with E-state index in [0.29, 0.717) is 29.5 Å². The van der Waals surface area contributed by atoms with E-state index in [1.165, 1.54) is 10.0 Å². The maximum absolute atomic E-state index is 14.1. The topological polar surface area (TPSA) is 89.6 Å². The van der Waals surface area contributed by atoms with Crippen LogP contribution in [-0.4, -0.2) is 101 Å². The zero-order valence-corrected chi connectivity index (χ0v) is 29.8. The van der Waals surface area contributed by atoms with Crippen LogP contribution in [0.2, 0.25) is 5.02 Å². The number of nitrogens with zero attached hydrogens (tertiary/aromatic N) is 4. The van der Waals surface area contributed by atoms with Crippen LogP contribution in [0.25, 0.3) is 11.1 Å². The lowest BCUT2D eigenvalue weighted by Gasteiger charge is -2.35. The maximum atomic E-state index is 14.1. The molecule has 2 heterocycles. The number of carbonyl (C=O) groups excluding carboxylic acids is 2. The normalized spacial score (nSPS) is 15.5. The Kier molecular flexibility index (Phi) is 14.4. The van der Waals surface area contributed by atoms with Gasteiger partial charge < -0.3 is 20.1 Å². The molecule has 258 valence electrons. The van der Waals surface area contributed by atoms with Gasteiger partial charge in [-0.15, -0.1) is 0 Å². The fourth-order valence-corrected chi connectivity index (χ4v) is 6.33. The summed E-state index contributed by atoms with van der Waals surface area (Å²) in [5.41, 5.74) is 2.90. The number of nitrogens with one attached hydrogen (secondary N) is 2. The fraction of sp³-hybridized carbons (Fsp3) is 0.444. The van der Waals surface area contributed by atoms with Crippen molar-refractivity contribution >= 4 is 51.0 Å². The van der Waals surface area contributed by atoms with Crippen LogP contribution in [-0.2, 0) is 9.47 Å². The van der Waals surface area contributed by atoms with Crippen LogP contribution >= 0.6 is 27.5 Å². The van der Waals surface area contributed by atoms with E-state index >= 15 is 0 Å². The van der Waals surface area contributed by atoms with Gasteiger partial charge in [0, 0.05) is 54.3 Å². The summed E-state index contributed by atoms with van der Waals surface area (Å²) >= 11 is 9.99. The summed E-state index contributed by atoms with van der Waals surface area (Å²) in [7, 11) is 0. The van der Waals surface area contributed by atoms with E-state index in [2.05, 4.69) is 36.4 Å². The van der Waals surface area contributed by atoms with Crippen molar-refractivity contribution in [3.05, 3.63) is 82.3 Å². The summed E-state index contributed by atoms with van der Waals surface area (Å²) in [5.74, 6) is 0. The van der Waals surface area contributed by atoms with E-state index in [1.807, 2.05) is 72.8 Å². The van der Waals surface area contributed by atoms with Gasteiger partial charge >= 0.3 is 12.1 Å². The van der Waals surface area contributed by atoms with Gasteiger partial charge in [-0.2, -0.15) is 10.0 Å². The number of unbranched alkanes of at least 4 members (excludes halogenated alkanes) is 2.